The molecule has 0 bridgehead atoms. The van der Waals surface area contributed by atoms with E-state index >= 15 is 0 Å². The summed E-state index contributed by atoms with van der Waals surface area (Å²) >= 11 is 5.84. The third-order valence-corrected chi connectivity index (χ3v) is 4.59. The average molecular weight is 450 g/mol. The lowest BCUT2D eigenvalue weighted by Crippen LogP contribution is -2.34. The molecule has 0 fully saturated rings. The van der Waals surface area contributed by atoms with Crippen molar-refractivity contribution in [2.24, 2.45) is 5.10 Å². The molecule has 2 N–H and O–H groups in total. The molecule has 0 saturated carbocycles. The summed E-state index contributed by atoms with van der Waals surface area (Å²) in [6.45, 7) is 1.60. The molecule has 3 aromatic rings. The van der Waals surface area contributed by atoms with E-state index < -0.39 is 17.8 Å². The van der Waals surface area contributed by atoms with Crippen molar-refractivity contribution in [3.8, 4) is 5.75 Å². The number of nitrogens with zero attached hydrogens (tertiary/aromatic N) is 1. The first-order valence-corrected chi connectivity index (χ1v) is 10.0. The fourth-order valence-electron chi connectivity index (χ4n) is 2.70. The molecule has 0 aliphatic rings. The summed E-state index contributed by atoms with van der Waals surface area (Å²) in [6.07, 6.45) is 1.43. The van der Waals surface area contributed by atoms with Gasteiger partial charge in [-0.05, 0) is 66.6 Å². The van der Waals surface area contributed by atoms with Crippen LogP contribution in [0.15, 0.2) is 77.9 Å². The van der Waals surface area contributed by atoms with Crippen LogP contribution in [-0.4, -0.2) is 30.5 Å². The van der Waals surface area contributed by atoms with Crippen molar-refractivity contribution < 1.29 is 19.1 Å². The number of carbonyl (C=O) groups excluding carboxylic acids is 3. The highest BCUT2D eigenvalue weighted by Gasteiger charge is 2.11. The van der Waals surface area contributed by atoms with Gasteiger partial charge in [-0.1, -0.05) is 35.9 Å². The quantitative estimate of drug-likeness (QED) is 0.248. The zero-order valence-electron chi connectivity index (χ0n) is 17.2. The van der Waals surface area contributed by atoms with Crippen molar-refractivity contribution in [3.05, 3.63) is 100 Å². The van der Waals surface area contributed by atoms with Crippen molar-refractivity contribution in [1.82, 2.24) is 10.7 Å². The molecule has 0 radical (unpaired) electrons. The molecule has 0 spiro atoms. The highest BCUT2D eigenvalue weighted by molar-refractivity contribution is 6.31. The van der Waals surface area contributed by atoms with Crippen LogP contribution in [0.1, 0.15) is 31.8 Å². The maximum Gasteiger partial charge on any atom is 0.343 e. The Morgan fingerprint density at radius 3 is 2.47 bits per heavy atom. The number of hydrogen-bond acceptors (Lipinski definition) is 5. The summed E-state index contributed by atoms with van der Waals surface area (Å²) in [5.74, 6) is -0.942. The minimum absolute atomic E-state index is 0.240. The summed E-state index contributed by atoms with van der Waals surface area (Å²) in [7, 11) is 0. The number of hydrazone groups is 1. The fourth-order valence-corrected chi connectivity index (χ4v) is 2.89. The molecule has 2 amide bonds. The number of benzene rings is 3. The number of carbonyl (C=O) groups is 3. The second kappa shape index (κ2) is 10.9. The first-order chi connectivity index (χ1) is 15.4. The van der Waals surface area contributed by atoms with Gasteiger partial charge >= 0.3 is 5.97 Å². The number of halogens is 1. The third kappa shape index (κ3) is 6.52. The molecule has 3 aromatic carbocycles. The lowest BCUT2D eigenvalue weighted by Gasteiger charge is -2.06. The lowest BCUT2D eigenvalue weighted by molar-refractivity contribution is -0.120. The molecule has 0 aromatic heterocycles. The van der Waals surface area contributed by atoms with Crippen molar-refractivity contribution in [1.29, 1.82) is 0 Å². The number of hydrogen-bond donors (Lipinski definition) is 2. The largest absolute Gasteiger partial charge is 0.423 e. The molecule has 0 aliphatic carbocycles. The fraction of sp³-hybridized carbons (Fsp3) is 0.0833. The van der Waals surface area contributed by atoms with E-state index in [0.29, 0.717) is 27.5 Å². The number of ether oxygens (including phenoxy) is 1. The van der Waals surface area contributed by atoms with E-state index in [1.807, 2.05) is 19.1 Å². The standard InChI is InChI=1S/C24H20ClN3O4/c1-16-5-2-3-8-21(16)24(31)32-20-11-9-17(10-12-20)14-27-28-22(29)15-26-23(30)18-6-4-7-19(25)13-18/h2-14H,15H2,1H3,(H,26,30)(H,28,29). The second-order valence-corrected chi connectivity index (χ2v) is 7.20. The Labute approximate surface area is 190 Å². The topological polar surface area (TPSA) is 96.9 Å². The molecule has 0 saturated heterocycles. The number of aryl methyl sites for hydroxylation is 1. The van der Waals surface area contributed by atoms with Crippen molar-refractivity contribution in [2.75, 3.05) is 6.54 Å². The second-order valence-electron chi connectivity index (χ2n) is 6.76. The lowest BCUT2D eigenvalue weighted by atomic mass is 10.1. The molecule has 0 atom stereocenters. The number of esters is 1. The SMILES string of the molecule is Cc1ccccc1C(=O)Oc1ccc(C=NNC(=O)CNC(=O)c2cccc(Cl)c2)cc1. The van der Waals surface area contributed by atoms with E-state index in [0.717, 1.165) is 5.56 Å². The van der Waals surface area contributed by atoms with E-state index in [-0.39, 0.29) is 6.54 Å². The van der Waals surface area contributed by atoms with Gasteiger partial charge in [-0.2, -0.15) is 5.10 Å². The summed E-state index contributed by atoms with van der Waals surface area (Å²) in [5.41, 5.74) is 4.71. The number of nitrogens with one attached hydrogen (secondary N) is 2. The minimum atomic E-state index is -0.486. The molecule has 162 valence electrons. The zero-order valence-corrected chi connectivity index (χ0v) is 17.9. The van der Waals surface area contributed by atoms with Gasteiger partial charge in [-0.15, -0.1) is 0 Å². The normalized spacial score (nSPS) is 10.6. The van der Waals surface area contributed by atoms with Gasteiger partial charge < -0.3 is 10.1 Å². The first kappa shape index (κ1) is 22.7. The zero-order chi connectivity index (χ0) is 22.9. The van der Waals surface area contributed by atoms with Crippen LogP contribution in [0, 0.1) is 6.92 Å². The van der Waals surface area contributed by atoms with Crippen LogP contribution in [-0.2, 0) is 4.79 Å². The first-order valence-electron chi connectivity index (χ1n) is 9.66. The summed E-state index contributed by atoms with van der Waals surface area (Å²) in [6, 6.07) is 20.2. The van der Waals surface area contributed by atoms with Crippen LogP contribution in [0.4, 0.5) is 0 Å². The molecule has 8 heteroatoms. The van der Waals surface area contributed by atoms with Crippen LogP contribution in [0.2, 0.25) is 5.02 Å². The van der Waals surface area contributed by atoms with Crippen molar-refractivity contribution in [3.63, 3.8) is 0 Å². The van der Waals surface area contributed by atoms with E-state index in [4.69, 9.17) is 16.3 Å². The predicted molar refractivity (Wildman–Crippen MR) is 122 cm³/mol. The van der Waals surface area contributed by atoms with Crippen molar-refractivity contribution >= 4 is 35.6 Å². The van der Waals surface area contributed by atoms with E-state index in [1.165, 1.54) is 12.3 Å². The monoisotopic (exact) mass is 449 g/mol. The van der Waals surface area contributed by atoms with Gasteiger partial charge in [0.1, 0.15) is 5.75 Å². The van der Waals surface area contributed by atoms with E-state index in [1.54, 1.807) is 54.6 Å². The van der Waals surface area contributed by atoms with Gasteiger partial charge in [-0.25, -0.2) is 10.2 Å². The van der Waals surface area contributed by atoms with Crippen LogP contribution in [0.5, 0.6) is 5.75 Å². The molecule has 7 nitrogen and oxygen atoms in total. The predicted octanol–water partition coefficient (Wildman–Crippen LogP) is 3.75. The summed E-state index contributed by atoms with van der Waals surface area (Å²) in [4.78, 5) is 36.1. The van der Waals surface area contributed by atoms with E-state index in [9.17, 15) is 14.4 Å². The minimum Gasteiger partial charge on any atom is -0.423 e. The Balaban J connectivity index is 1.46. The van der Waals surface area contributed by atoms with Crippen LogP contribution in [0.3, 0.4) is 0 Å². The Hall–Kier alpha value is -3.97. The van der Waals surface area contributed by atoms with Crippen LogP contribution >= 0.6 is 11.6 Å². The van der Waals surface area contributed by atoms with Gasteiger partial charge in [0.15, 0.2) is 0 Å². The summed E-state index contributed by atoms with van der Waals surface area (Å²) < 4.78 is 5.38. The van der Waals surface area contributed by atoms with Gasteiger partial charge in [0.05, 0.1) is 18.3 Å². The number of amides is 2. The Bertz CT molecular complexity index is 1160. The Morgan fingerprint density at radius 1 is 1.00 bits per heavy atom. The maximum atomic E-state index is 12.3. The molecule has 32 heavy (non-hydrogen) atoms. The van der Waals surface area contributed by atoms with Gasteiger partial charge in [0.25, 0.3) is 11.8 Å². The smallest absolute Gasteiger partial charge is 0.343 e. The van der Waals surface area contributed by atoms with Gasteiger partial charge in [0.2, 0.25) is 0 Å². The highest BCUT2D eigenvalue weighted by Crippen LogP contribution is 2.15. The molecule has 0 unspecified atom stereocenters. The van der Waals surface area contributed by atoms with Crippen LogP contribution in [0.25, 0.3) is 0 Å². The van der Waals surface area contributed by atoms with Gasteiger partial charge in [0, 0.05) is 10.6 Å². The molecular formula is C24H20ClN3O4. The maximum absolute atomic E-state index is 12.3. The molecular weight excluding hydrogens is 430 g/mol. The van der Waals surface area contributed by atoms with Gasteiger partial charge in [-0.3, -0.25) is 9.59 Å². The molecule has 3 rings (SSSR count). The highest BCUT2D eigenvalue weighted by atomic mass is 35.5. The number of rotatable bonds is 7. The molecule has 0 aliphatic heterocycles. The Morgan fingerprint density at radius 2 is 1.75 bits per heavy atom. The van der Waals surface area contributed by atoms with Crippen LogP contribution < -0.4 is 15.5 Å². The average Bonchev–Trinajstić information content (AvgIpc) is 2.79. The Kier molecular flexibility index (Phi) is 7.72. The van der Waals surface area contributed by atoms with Crippen molar-refractivity contribution in [2.45, 2.75) is 6.92 Å². The molecule has 0 heterocycles. The third-order valence-electron chi connectivity index (χ3n) is 4.35. The van der Waals surface area contributed by atoms with E-state index in [2.05, 4.69) is 15.8 Å². The summed E-state index contributed by atoms with van der Waals surface area (Å²) in [5, 5.41) is 6.77.